The Morgan fingerprint density at radius 3 is 2.15 bits per heavy atom. The van der Waals surface area contributed by atoms with Crippen molar-refractivity contribution < 1.29 is 8.83 Å². The van der Waals surface area contributed by atoms with Crippen LogP contribution in [0.1, 0.15) is 0 Å². The molecule has 0 fully saturated rings. The highest BCUT2D eigenvalue weighted by Crippen LogP contribution is 2.36. The van der Waals surface area contributed by atoms with Crippen molar-refractivity contribution in [3.05, 3.63) is 109 Å². The summed E-state index contributed by atoms with van der Waals surface area (Å²) >= 11 is 6.36. The molecule has 39 heavy (non-hydrogen) atoms. The van der Waals surface area contributed by atoms with Gasteiger partial charge in [-0.05, 0) is 41.4 Å². The Morgan fingerprint density at radius 2 is 1.26 bits per heavy atom. The quantitative estimate of drug-likeness (QED) is 0.230. The molecule has 0 aliphatic carbocycles. The standard InChI is InChI=1S/C32H17ClN4O2/c33-32-36-30(35-31(37-32)20-12-13-23-24-14-15-34-17-28(24)38-27(23)16-20)19-10-8-18(9-11-19)21-5-3-6-25-22-4-1-2-7-26(22)39-29(21)25/h1-17H. The van der Waals surface area contributed by atoms with Gasteiger partial charge in [-0.15, -0.1) is 0 Å². The van der Waals surface area contributed by atoms with Gasteiger partial charge < -0.3 is 8.83 Å². The minimum absolute atomic E-state index is 0.125. The molecule has 0 saturated carbocycles. The fourth-order valence-electron chi connectivity index (χ4n) is 5.15. The number of para-hydroxylation sites is 2. The summed E-state index contributed by atoms with van der Waals surface area (Å²) in [5, 5.41) is 4.35. The van der Waals surface area contributed by atoms with Crippen LogP contribution in [0.25, 0.3) is 77.8 Å². The first kappa shape index (κ1) is 22.0. The van der Waals surface area contributed by atoms with E-state index in [4.69, 9.17) is 25.4 Å². The van der Waals surface area contributed by atoms with E-state index in [2.05, 4.69) is 39.2 Å². The lowest BCUT2D eigenvalue weighted by Crippen LogP contribution is -1.97. The van der Waals surface area contributed by atoms with Gasteiger partial charge in [0.25, 0.3) is 0 Å². The van der Waals surface area contributed by atoms with Gasteiger partial charge in [0.1, 0.15) is 16.7 Å². The normalized spacial score (nSPS) is 11.7. The first-order chi connectivity index (χ1) is 19.2. The number of furan rings is 2. The number of hydrogen-bond donors (Lipinski definition) is 0. The maximum atomic E-state index is 6.36. The minimum Gasteiger partial charge on any atom is -0.455 e. The zero-order valence-electron chi connectivity index (χ0n) is 20.3. The largest absolute Gasteiger partial charge is 0.455 e. The summed E-state index contributed by atoms with van der Waals surface area (Å²) in [5.41, 5.74) is 6.89. The van der Waals surface area contributed by atoms with Crippen molar-refractivity contribution >= 4 is 55.5 Å². The monoisotopic (exact) mass is 524 g/mol. The molecule has 0 saturated heterocycles. The van der Waals surface area contributed by atoms with Gasteiger partial charge >= 0.3 is 0 Å². The molecule has 7 heteroatoms. The number of pyridine rings is 1. The number of halogens is 1. The molecule has 0 amide bonds. The van der Waals surface area contributed by atoms with E-state index in [1.807, 2.05) is 66.7 Å². The lowest BCUT2D eigenvalue weighted by atomic mass is 10.0. The summed E-state index contributed by atoms with van der Waals surface area (Å²) < 4.78 is 12.2. The predicted octanol–water partition coefficient (Wildman–Crippen LogP) is 8.72. The van der Waals surface area contributed by atoms with Gasteiger partial charge in [-0.25, -0.2) is 4.98 Å². The molecule has 184 valence electrons. The minimum atomic E-state index is 0.125. The molecule has 0 aliphatic heterocycles. The maximum Gasteiger partial charge on any atom is 0.226 e. The van der Waals surface area contributed by atoms with E-state index in [1.54, 1.807) is 12.4 Å². The molecular weight excluding hydrogens is 508 g/mol. The Hall–Kier alpha value is -5.07. The van der Waals surface area contributed by atoms with Crippen LogP contribution in [-0.4, -0.2) is 19.9 Å². The first-order valence-corrected chi connectivity index (χ1v) is 12.8. The van der Waals surface area contributed by atoms with Crippen LogP contribution < -0.4 is 0 Å². The predicted molar refractivity (Wildman–Crippen MR) is 153 cm³/mol. The maximum absolute atomic E-state index is 6.36. The lowest BCUT2D eigenvalue weighted by Gasteiger charge is -2.07. The molecular formula is C32H17ClN4O2. The molecule has 6 nitrogen and oxygen atoms in total. The highest BCUT2D eigenvalue weighted by atomic mass is 35.5. The van der Waals surface area contributed by atoms with E-state index in [0.717, 1.165) is 66.1 Å². The van der Waals surface area contributed by atoms with Gasteiger partial charge in [0, 0.05) is 44.4 Å². The summed E-state index contributed by atoms with van der Waals surface area (Å²) in [6.07, 6.45) is 3.47. The molecule has 0 atom stereocenters. The molecule has 8 rings (SSSR count). The second-order valence-electron chi connectivity index (χ2n) is 9.29. The van der Waals surface area contributed by atoms with Gasteiger partial charge in [-0.1, -0.05) is 66.7 Å². The second-order valence-corrected chi connectivity index (χ2v) is 9.63. The molecule has 0 unspecified atom stereocenters. The number of fused-ring (bicyclic) bond motifs is 6. The summed E-state index contributed by atoms with van der Waals surface area (Å²) in [6.45, 7) is 0. The summed E-state index contributed by atoms with van der Waals surface area (Å²) in [4.78, 5) is 17.7. The number of hydrogen-bond acceptors (Lipinski definition) is 6. The summed E-state index contributed by atoms with van der Waals surface area (Å²) in [7, 11) is 0. The van der Waals surface area contributed by atoms with Gasteiger partial charge in [0.2, 0.25) is 5.28 Å². The number of rotatable bonds is 3. The Kier molecular flexibility index (Phi) is 4.77. The van der Waals surface area contributed by atoms with Crippen molar-refractivity contribution in [3.8, 4) is 33.9 Å². The average molecular weight is 525 g/mol. The third kappa shape index (κ3) is 3.57. The van der Waals surface area contributed by atoms with Crippen LogP contribution >= 0.6 is 11.6 Å². The molecule has 0 spiro atoms. The van der Waals surface area contributed by atoms with E-state index in [0.29, 0.717) is 11.6 Å². The SMILES string of the molecule is Clc1nc(-c2ccc(-c3cccc4c3oc3ccccc34)cc2)nc(-c2ccc3c(c2)oc2cnccc23)n1. The van der Waals surface area contributed by atoms with E-state index >= 15 is 0 Å². The Bertz CT molecular complexity index is 2200. The Labute approximate surface area is 226 Å². The third-order valence-electron chi connectivity index (χ3n) is 7.00. The van der Waals surface area contributed by atoms with Crippen LogP contribution in [0.4, 0.5) is 0 Å². The van der Waals surface area contributed by atoms with Crippen LogP contribution in [-0.2, 0) is 0 Å². The molecule has 4 aromatic carbocycles. The van der Waals surface area contributed by atoms with E-state index in [9.17, 15) is 0 Å². The first-order valence-electron chi connectivity index (χ1n) is 12.4. The smallest absolute Gasteiger partial charge is 0.226 e. The van der Waals surface area contributed by atoms with Gasteiger partial charge in [-0.3, -0.25) is 4.98 Å². The van der Waals surface area contributed by atoms with Crippen LogP contribution in [0.2, 0.25) is 5.28 Å². The highest BCUT2D eigenvalue weighted by molar-refractivity contribution is 6.28. The molecule has 0 aliphatic rings. The fraction of sp³-hybridized carbons (Fsp3) is 0. The average Bonchev–Trinajstić information content (AvgIpc) is 3.55. The van der Waals surface area contributed by atoms with Gasteiger partial charge in [0.15, 0.2) is 17.2 Å². The van der Waals surface area contributed by atoms with Crippen molar-refractivity contribution in [1.29, 1.82) is 0 Å². The van der Waals surface area contributed by atoms with Crippen LogP contribution in [0.3, 0.4) is 0 Å². The summed E-state index contributed by atoms with van der Waals surface area (Å²) in [5.74, 6) is 0.967. The van der Waals surface area contributed by atoms with Crippen molar-refractivity contribution in [2.75, 3.05) is 0 Å². The van der Waals surface area contributed by atoms with Gasteiger partial charge in [-0.2, -0.15) is 9.97 Å². The second kappa shape index (κ2) is 8.48. The van der Waals surface area contributed by atoms with Crippen LogP contribution in [0, 0.1) is 0 Å². The molecule has 8 aromatic rings. The molecule has 0 N–H and O–H groups in total. The Morgan fingerprint density at radius 1 is 0.538 bits per heavy atom. The van der Waals surface area contributed by atoms with Crippen molar-refractivity contribution in [1.82, 2.24) is 19.9 Å². The van der Waals surface area contributed by atoms with E-state index in [-0.39, 0.29) is 5.28 Å². The Balaban J connectivity index is 1.18. The molecule has 4 heterocycles. The van der Waals surface area contributed by atoms with Gasteiger partial charge in [0.05, 0.1) is 6.20 Å². The zero-order valence-corrected chi connectivity index (χ0v) is 21.1. The highest BCUT2D eigenvalue weighted by Gasteiger charge is 2.15. The lowest BCUT2D eigenvalue weighted by molar-refractivity contribution is 0.667. The van der Waals surface area contributed by atoms with Crippen molar-refractivity contribution in [2.45, 2.75) is 0 Å². The van der Waals surface area contributed by atoms with E-state index in [1.165, 1.54) is 0 Å². The fourth-order valence-corrected chi connectivity index (χ4v) is 5.31. The van der Waals surface area contributed by atoms with Crippen LogP contribution in [0.15, 0.2) is 112 Å². The van der Waals surface area contributed by atoms with Crippen LogP contribution in [0.5, 0.6) is 0 Å². The zero-order chi connectivity index (χ0) is 25.9. The van der Waals surface area contributed by atoms with E-state index < -0.39 is 0 Å². The third-order valence-corrected chi connectivity index (χ3v) is 7.17. The van der Waals surface area contributed by atoms with Crippen molar-refractivity contribution in [3.63, 3.8) is 0 Å². The molecule has 0 radical (unpaired) electrons. The molecule has 0 bridgehead atoms. The number of aromatic nitrogens is 4. The number of benzene rings is 4. The summed E-state index contributed by atoms with van der Waals surface area (Å²) in [6, 6.07) is 30.2. The van der Waals surface area contributed by atoms with Crippen molar-refractivity contribution in [2.24, 2.45) is 0 Å². The topological polar surface area (TPSA) is 77.8 Å². The number of nitrogens with zero attached hydrogens (tertiary/aromatic N) is 4. The molecule has 4 aromatic heterocycles.